The van der Waals surface area contributed by atoms with Crippen LogP contribution in [-0.2, 0) is 11.3 Å². The van der Waals surface area contributed by atoms with Gasteiger partial charge in [-0.1, -0.05) is 0 Å². The highest BCUT2D eigenvalue weighted by Gasteiger charge is 2.05. The molecule has 0 aromatic carbocycles. The zero-order valence-corrected chi connectivity index (χ0v) is 8.77. The largest absolute Gasteiger partial charge is 0.392 e. The van der Waals surface area contributed by atoms with Crippen molar-refractivity contribution in [3.8, 4) is 0 Å². The maximum atomic E-state index is 11.3. The molecule has 7 heteroatoms. The predicted octanol–water partition coefficient (Wildman–Crippen LogP) is -1.97. The van der Waals surface area contributed by atoms with Gasteiger partial charge in [0.1, 0.15) is 6.54 Å². The van der Waals surface area contributed by atoms with Crippen molar-refractivity contribution in [2.24, 2.45) is 0 Å². The summed E-state index contributed by atoms with van der Waals surface area (Å²) in [6.45, 7) is 1.35. The standard InChI is InChI=1S/C9H13N3O4/c1-6(13)4-10-8(15)5-12-9(16)3-2-7(14)11-12/h2-3,6,13H,4-5H2,1H3,(H,10,15)(H,11,14)/t6-/m0/s1. The van der Waals surface area contributed by atoms with E-state index < -0.39 is 23.1 Å². The zero-order chi connectivity index (χ0) is 12.1. The first kappa shape index (κ1) is 12.2. The molecule has 0 spiro atoms. The molecule has 0 aliphatic rings. The number of hydrogen-bond acceptors (Lipinski definition) is 4. The third-order valence-electron chi connectivity index (χ3n) is 1.78. The molecule has 1 amide bonds. The van der Waals surface area contributed by atoms with Gasteiger partial charge in [-0.2, -0.15) is 0 Å². The Balaban J connectivity index is 2.66. The van der Waals surface area contributed by atoms with Crippen LogP contribution >= 0.6 is 0 Å². The summed E-state index contributed by atoms with van der Waals surface area (Å²) in [6.07, 6.45) is -0.657. The number of carbonyl (C=O) groups excluding carboxylic acids is 1. The fraction of sp³-hybridized carbons (Fsp3) is 0.444. The second-order valence-corrected chi connectivity index (χ2v) is 3.39. The van der Waals surface area contributed by atoms with Crippen molar-refractivity contribution in [2.45, 2.75) is 19.6 Å². The number of nitrogens with zero attached hydrogens (tertiary/aromatic N) is 1. The van der Waals surface area contributed by atoms with Crippen molar-refractivity contribution in [3.05, 3.63) is 32.8 Å². The molecule has 1 rings (SSSR count). The number of carbonyl (C=O) groups is 1. The molecular formula is C9H13N3O4. The van der Waals surface area contributed by atoms with Crippen LogP contribution in [0, 0.1) is 0 Å². The normalized spacial score (nSPS) is 12.1. The summed E-state index contributed by atoms with van der Waals surface area (Å²) >= 11 is 0. The highest BCUT2D eigenvalue weighted by Crippen LogP contribution is 1.78. The number of aliphatic hydroxyl groups excluding tert-OH is 1. The number of aliphatic hydroxyl groups is 1. The highest BCUT2D eigenvalue weighted by molar-refractivity contribution is 5.75. The Hall–Kier alpha value is -1.89. The lowest BCUT2D eigenvalue weighted by Crippen LogP contribution is -2.38. The zero-order valence-electron chi connectivity index (χ0n) is 8.77. The number of aromatic amines is 1. The molecule has 0 aliphatic heterocycles. The molecule has 3 N–H and O–H groups in total. The van der Waals surface area contributed by atoms with Gasteiger partial charge in [-0.15, -0.1) is 0 Å². The highest BCUT2D eigenvalue weighted by atomic mass is 16.3. The SMILES string of the molecule is C[C@H](O)CNC(=O)Cn1[nH]c(=O)ccc1=O. The first-order valence-corrected chi connectivity index (χ1v) is 4.74. The van der Waals surface area contributed by atoms with Crippen LogP contribution in [-0.4, -0.2) is 33.4 Å². The van der Waals surface area contributed by atoms with Crippen molar-refractivity contribution >= 4 is 5.91 Å². The first-order valence-electron chi connectivity index (χ1n) is 4.74. The Morgan fingerprint density at radius 2 is 2.25 bits per heavy atom. The number of nitrogens with one attached hydrogen (secondary N) is 2. The van der Waals surface area contributed by atoms with E-state index in [4.69, 9.17) is 5.11 Å². The van der Waals surface area contributed by atoms with Gasteiger partial charge in [0.15, 0.2) is 0 Å². The van der Waals surface area contributed by atoms with Crippen LogP contribution in [0.15, 0.2) is 21.7 Å². The van der Waals surface area contributed by atoms with Gasteiger partial charge in [0.05, 0.1) is 6.10 Å². The van der Waals surface area contributed by atoms with Gasteiger partial charge in [-0.3, -0.25) is 19.5 Å². The number of amides is 1. The number of rotatable bonds is 4. The van der Waals surface area contributed by atoms with Crippen molar-refractivity contribution in [1.29, 1.82) is 0 Å². The van der Waals surface area contributed by atoms with Gasteiger partial charge in [-0.05, 0) is 6.92 Å². The topological polar surface area (TPSA) is 104 Å². The quantitative estimate of drug-likeness (QED) is 0.555. The molecule has 1 aromatic rings. The molecule has 0 fully saturated rings. The molecule has 7 nitrogen and oxygen atoms in total. The predicted molar refractivity (Wildman–Crippen MR) is 56.0 cm³/mol. The van der Waals surface area contributed by atoms with Gasteiger partial charge >= 0.3 is 0 Å². The Morgan fingerprint density at radius 3 is 2.88 bits per heavy atom. The maximum Gasteiger partial charge on any atom is 0.265 e. The number of aromatic nitrogens is 2. The van der Waals surface area contributed by atoms with E-state index in [0.29, 0.717) is 0 Å². The molecule has 0 saturated carbocycles. The Labute approximate surface area is 90.7 Å². The third kappa shape index (κ3) is 3.70. The Morgan fingerprint density at radius 1 is 1.56 bits per heavy atom. The molecular weight excluding hydrogens is 214 g/mol. The molecule has 1 atom stereocenters. The van der Waals surface area contributed by atoms with Crippen LogP contribution in [0.2, 0.25) is 0 Å². The molecule has 0 aliphatic carbocycles. The Bertz CT molecular complexity index is 474. The molecule has 1 aromatic heterocycles. The summed E-state index contributed by atoms with van der Waals surface area (Å²) in [7, 11) is 0. The minimum atomic E-state index is -0.657. The van der Waals surface area contributed by atoms with Crippen molar-refractivity contribution in [2.75, 3.05) is 6.54 Å². The number of H-pyrrole nitrogens is 1. The van der Waals surface area contributed by atoms with E-state index in [1.165, 1.54) is 6.92 Å². The molecule has 0 saturated heterocycles. The molecule has 1 heterocycles. The fourth-order valence-corrected chi connectivity index (χ4v) is 1.04. The summed E-state index contributed by atoms with van der Waals surface area (Å²) in [6, 6.07) is 2.17. The van der Waals surface area contributed by atoms with Gasteiger partial charge in [-0.25, -0.2) is 4.68 Å². The summed E-state index contributed by atoms with van der Waals surface area (Å²) in [5.41, 5.74) is -0.922. The molecule has 0 radical (unpaired) electrons. The summed E-state index contributed by atoms with van der Waals surface area (Å²) in [5.74, 6) is -0.454. The second kappa shape index (κ2) is 5.26. The van der Waals surface area contributed by atoms with Crippen LogP contribution in [0.25, 0.3) is 0 Å². The summed E-state index contributed by atoms with van der Waals surface area (Å²) < 4.78 is 0.902. The van der Waals surface area contributed by atoms with Crippen molar-refractivity contribution in [1.82, 2.24) is 15.1 Å². The lowest BCUT2D eigenvalue weighted by molar-refractivity contribution is -0.122. The van der Waals surface area contributed by atoms with E-state index in [0.717, 1.165) is 16.8 Å². The van der Waals surface area contributed by atoms with Gasteiger partial charge in [0.25, 0.3) is 11.1 Å². The molecule has 16 heavy (non-hydrogen) atoms. The smallest absolute Gasteiger partial charge is 0.265 e. The van der Waals surface area contributed by atoms with Crippen LogP contribution in [0.1, 0.15) is 6.92 Å². The first-order chi connectivity index (χ1) is 7.49. The Kier molecular flexibility index (Phi) is 4.01. The minimum Gasteiger partial charge on any atom is -0.392 e. The van der Waals surface area contributed by atoms with Crippen LogP contribution in [0.5, 0.6) is 0 Å². The minimum absolute atomic E-state index is 0.102. The average molecular weight is 227 g/mol. The van der Waals surface area contributed by atoms with E-state index in [-0.39, 0.29) is 13.1 Å². The van der Waals surface area contributed by atoms with Gasteiger partial charge < -0.3 is 10.4 Å². The van der Waals surface area contributed by atoms with Gasteiger partial charge in [0, 0.05) is 18.7 Å². The van der Waals surface area contributed by atoms with E-state index in [1.807, 2.05) is 0 Å². The second-order valence-electron chi connectivity index (χ2n) is 3.39. The monoisotopic (exact) mass is 227 g/mol. The third-order valence-corrected chi connectivity index (χ3v) is 1.78. The summed E-state index contributed by atoms with van der Waals surface area (Å²) in [5, 5.41) is 13.6. The molecule has 88 valence electrons. The van der Waals surface area contributed by atoms with E-state index in [2.05, 4.69) is 10.4 Å². The lowest BCUT2D eigenvalue weighted by atomic mass is 10.4. The van der Waals surface area contributed by atoms with Gasteiger partial charge in [0.2, 0.25) is 5.91 Å². The molecule has 0 bridgehead atoms. The van der Waals surface area contributed by atoms with E-state index in [1.54, 1.807) is 0 Å². The van der Waals surface area contributed by atoms with Crippen molar-refractivity contribution in [3.63, 3.8) is 0 Å². The van der Waals surface area contributed by atoms with Crippen LogP contribution in [0.4, 0.5) is 0 Å². The van der Waals surface area contributed by atoms with E-state index in [9.17, 15) is 14.4 Å². The van der Waals surface area contributed by atoms with Crippen molar-refractivity contribution < 1.29 is 9.90 Å². The van der Waals surface area contributed by atoms with Crippen LogP contribution in [0.3, 0.4) is 0 Å². The lowest BCUT2D eigenvalue weighted by Gasteiger charge is -2.07. The maximum absolute atomic E-state index is 11.3. The summed E-state index contributed by atoms with van der Waals surface area (Å²) in [4.78, 5) is 33.4. The van der Waals surface area contributed by atoms with E-state index >= 15 is 0 Å². The van der Waals surface area contributed by atoms with Crippen LogP contribution < -0.4 is 16.4 Å². The fourth-order valence-electron chi connectivity index (χ4n) is 1.04. The number of hydrogen-bond donors (Lipinski definition) is 3. The average Bonchev–Trinajstić information content (AvgIpc) is 2.20. The molecule has 0 unspecified atom stereocenters.